The first-order valence-electron chi connectivity index (χ1n) is 9.84. The Morgan fingerprint density at radius 1 is 1.12 bits per heavy atom. The van der Waals surface area contributed by atoms with E-state index in [1.165, 1.54) is 19.4 Å². The summed E-state index contributed by atoms with van der Waals surface area (Å²) in [7, 11) is 1.29. The van der Waals surface area contributed by atoms with E-state index in [1.807, 2.05) is 0 Å². The highest BCUT2D eigenvalue weighted by Crippen LogP contribution is 2.33. The van der Waals surface area contributed by atoms with E-state index in [-0.39, 0.29) is 5.76 Å². The number of esters is 1. The predicted molar refractivity (Wildman–Crippen MR) is 116 cm³/mol. The standard InChI is InChI=1S/C22H19FN4O5/c1-29-21(28)19-11-13-10-14(2-4-16(13)32-19)24-20-6-7-27(23)22(26-20)25-15-3-5-17-18(12-15)31-9-8-30-17/h2-7,10-12,22,25H,8-9H2,1H3,(H,24,26). The molecule has 9 nitrogen and oxygen atoms in total. The molecule has 2 N–H and O–H groups in total. The largest absolute Gasteiger partial charge is 0.486 e. The number of aliphatic imine (C=N–C) groups is 1. The number of amidine groups is 1. The van der Waals surface area contributed by atoms with Gasteiger partial charge >= 0.3 is 5.97 Å². The van der Waals surface area contributed by atoms with Gasteiger partial charge in [-0.2, -0.15) is 5.12 Å². The molecule has 10 heteroatoms. The van der Waals surface area contributed by atoms with Gasteiger partial charge in [0.15, 0.2) is 11.5 Å². The summed E-state index contributed by atoms with van der Waals surface area (Å²) in [5, 5.41) is 7.34. The van der Waals surface area contributed by atoms with E-state index >= 15 is 0 Å². The van der Waals surface area contributed by atoms with Gasteiger partial charge in [0.2, 0.25) is 12.0 Å². The van der Waals surface area contributed by atoms with Gasteiger partial charge in [-0.25, -0.2) is 9.79 Å². The van der Waals surface area contributed by atoms with Gasteiger partial charge in [0.25, 0.3) is 0 Å². The number of hydrogen-bond acceptors (Lipinski definition) is 9. The molecule has 1 atom stereocenters. The van der Waals surface area contributed by atoms with Crippen LogP contribution in [-0.2, 0) is 4.74 Å². The fraction of sp³-hybridized carbons (Fsp3) is 0.182. The number of furan rings is 1. The van der Waals surface area contributed by atoms with Crippen molar-refractivity contribution in [1.29, 1.82) is 0 Å². The van der Waals surface area contributed by atoms with E-state index in [2.05, 4.69) is 20.4 Å². The molecular weight excluding hydrogens is 419 g/mol. The second-order valence-corrected chi connectivity index (χ2v) is 7.03. The van der Waals surface area contributed by atoms with Crippen molar-refractivity contribution in [3.05, 3.63) is 60.5 Å². The molecule has 0 spiro atoms. The fourth-order valence-electron chi connectivity index (χ4n) is 3.37. The van der Waals surface area contributed by atoms with Gasteiger partial charge in [-0.15, -0.1) is 0 Å². The highest BCUT2D eigenvalue weighted by molar-refractivity contribution is 6.05. The van der Waals surface area contributed by atoms with Crippen LogP contribution in [0.4, 0.5) is 15.9 Å². The Hall–Kier alpha value is -4.21. The van der Waals surface area contributed by atoms with Crippen LogP contribution in [0.5, 0.6) is 11.5 Å². The average Bonchev–Trinajstić information content (AvgIpc) is 3.24. The molecular formula is C22H19FN4O5. The second kappa shape index (κ2) is 8.14. The van der Waals surface area contributed by atoms with Crippen molar-refractivity contribution in [2.24, 2.45) is 4.99 Å². The molecule has 1 unspecified atom stereocenters. The maximum absolute atomic E-state index is 14.3. The van der Waals surface area contributed by atoms with Gasteiger partial charge in [0, 0.05) is 29.0 Å². The smallest absolute Gasteiger partial charge is 0.373 e. The molecule has 2 aromatic carbocycles. The molecule has 2 aliphatic rings. The summed E-state index contributed by atoms with van der Waals surface area (Å²) in [5.74, 6) is 1.26. The lowest BCUT2D eigenvalue weighted by Crippen LogP contribution is -2.35. The molecule has 0 aliphatic carbocycles. The molecule has 1 aromatic heterocycles. The lowest BCUT2D eigenvalue weighted by atomic mass is 10.2. The molecule has 0 amide bonds. The Labute approximate surface area is 182 Å². The van der Waals surface area contributed by atoms with E-state index in [4.69, 9.17) is 13.9 Å². The molecule has 32 heavy (non-hydrogen) atoms. The highest BCUT2D eigenvalue weighted by Gasteiger charge is 2.20. The van der Waals surface area contributed by atoms with Gasteiger partial charge in [0.05, 0.1) is 7.11 Å². The van der Waals surface area contributed by atoms with Crippen molar-refractivity contribution in [2.75, 3.05) is 31.0 Å². The Morgan fingerprint density at radius 3 is 2.78 bits per heavy atom. The zero-order chi connectivity index (χ0) is 22.1. The van der Waals surface area contributed by atoms with Crippen LogP contribution in [0.3, 0.4) is 0 Å². The number of hydrogen-bond donors (Lipinski definition) is 2. The van der Waals surface area contributed by atoms with Crippen LogP contribution in [0.15, 0.2) is 64.2 Å². The van der Waals surface area contributed by atoms with E-state index in [0.29, 0.717) is 58.0 Å². The van der Waals surface area contributed by atoms with Crippen LogP contribution < -0.4 is 20.1 Å². The predicted octanol–water partition coefficient (Wildman–Crippen LogP) is 3.91. The van der Waals surface area contributed by atoms with Gasteiger partial charge in [-0.3, -0.25) is 0 Å². The zero-order valence-electron chi connectivity index (χ0n) is 17.0. The van der Waals surface area contributed by atoms with Crippen molar-refractivity contribution in [1.82, 2.24) is 5.12 Å². The van der Waals surface area contributed by atoms with E-state index in [0.717, 1.165) is 0 Å². The summed E-state index contributed by atoms with van der Waals surface area (Å²) in [4.78, 5) is 16.0. The number of fused-ring (bicyclic) bond motifs is 2. The average molecular weight is 438 g/mol. The molecule has 2 aliphatic heterocycles. The van der Waals surface area contributed by atoms with Crippen molar-refractivity contribution in [3.8, 4) is 11.5 Å². The molecule has 0 saturated carbocycles. The monoisotopic (exact) mass is 438 g/mol. The van der Waals surface area contributed by atoms with Gasteiger partial charge < -0.3 is 29.3 Å². The topological polar surface area (TPSA) is 97.6 Å². The maximum atomic E-state index is 14.3. The Bertz CT molecular complexity index is 1240. The quantitative estimate of drug-likeness (QED) is 0.468. The van der Waals surface area contributed by atoms with Crippen LogP contribution in [0.25, 0.3) is 11.0 Å². The van der Waals surface area contributed by atoms with Gasteiger partial charge in [-0.1, -0.05) is 4.48 Å². The first kappa shape index (κ1) is 19.7. The van der Waals surface area contributed by atoms with Gasteiger partial charge in [-0.05, 0) is 42.5 Å². The summed E-state index contributed by atoms with van der Waals surface area (Å²) < 4.78 is 35.6. The SMILES string of the molecule is COC(=O)c1cc2cc(NC3=NC(Nc4ccc5c(c4)OCCO5)N(F)C=C3)ccc2o1. The summed E-state index contributed by atoms with van der Waals surface area (Å²) in [5.41, 5.74) is 1.88. The Kier molecular flexibility index (Phi) is 5.02. The fourth-order valence-corrected chi connectivity index (χ4v) is 3.37. The molecule has 164 valence electrons. The van der Waals surface area contributed by atoms with Crippen LogP contribution in [0.2, 0.25) is 0 Å². The third-order valence-corrected chi connectivity index (χ3v) is 4.88. The minimum atomic E-state index is -0.978. The molecule has 0 radical (unpaired) electrons. The van der Waals surface area contributed by atoms with Crippen LogP contribution in [-0.4, -0.2) is 43.5 Å². The normalized spacial score (nSPS) is 17.1. The lowest BCUT2D eigenvalue weighted by molar-refractivity contribution is 0.0509. The molecule has 5 rings (SSSR count). The summed E-state index contributed by atoms with van der Waals surface area (Å²) in [6.07, 6.45) is 1.81. The third-order valence-electron chi connectivity index (χ3n) is 4.88. The zero-order valence-corrected chi connectivity index (χ0v) is 17.0. The number of methoxy groups -OCH3 is 1. The number of nitrogens with zero attached hydrogens (tertiary/aromatic N) is 2. The number of ether oxygens (including phenoxy) is 3. The van der Waals surface area contributed by atoms with Gasteiger partial charge in [0.1, 0.15) is 24.6 Å². The highest BCUT2D eigenvalue weighted by atomic mass is 19.2. The van der Waals surface area contributed by atoms with Crippen molar-refractivity contribution >= 4 is 34.1 Å². The second-order valence-electron chi connectivity index (χ2n) is 7.03. The number of nitrogens with one attached hydrogen (secondary N) is 2. The van der Waals surface area contributed by atoms with Crippen LogP contribution in [0, 0.1) is 0 Å². The molecule has 0 bridgehead atoms. The third kappa shape index (κ3) is 3.89. The van der Waals surface area contributed by atoms with E-state index in [1.54, 1.807) is 42.5 Å². The Morgan fingerprint density at radius 2 is 1.94 bits per heavy atom. The van der Waals surface area contributed by atoms with Crippen molar-refractivity contribution in [2.45, 2.75) is 6.29 Å². The number of carbonyl (C=O) groups is 1. The Balaban J connectivity index is 1.33. The van der Waals surface area contributed by atoms with Crippen LogP contribution >= 0.6 is 0 Å². The molecule has 3 heterocycles. The molecule has 3 aromatic rings. The lowest BCUT2D eigenvalue weighted by Gasteiger charge is -2.26. The number of carbonyl (C=O) groups excluding carboxylic acids is 1. The summed E-state index contributed by atoms with van der Waals surface area (Å²) in [6.45, 7) is 0.964. The summed E-state index contributed by atoms with van der Waals surface area (Å²) >= 11 is 0. The van der Waals surface area contributed by atoms with Crippen molar-refractivity contribution in [3.63, 3.8) is 0 Å². The first-order chi connectivity index (χ1) is 15.6. The van der Waals surface area contributed by atoms with E-state index < -0.39 is 12.3 Å². The minimum absolute atomic E-state index is 0.117. The maximum Gasteiger partial charge on any atom is 0.373 e. The summed E-state index contributed by atoms with van der Waals surface area (Å²) in [6, 6.07) is 12.2. The number of anilines is 2. The number of halogens is 1. The van der Waals surface area contributed by atoms with Crippen molar-refractivity contribution < 1.29 is 27.9 Å². The molecule has 0 fully saturated rings. The first-order valence-corrected chi connectivity index (χ1v) is 9.84. The van der Waals surface area contributed by atoms with E-state index in [9.17, 15) is 9.28 Å². The van der Waals surface area contributed by atoms with Crippen LogP contribution in [0.1, 0.15) is 10.6 Å². The molecule has 0 saturated heterocycles. The number of rotatable bonds is 4. The minimum Gasteiger partial charge on any atom is -0.486 e. The number of benzene rings is 2.